The van der Waals surface area contributed by atoms with Crippen LogP contribution in [0, 0.1) is 0 Å². The van der Waals surface area contributed by atoms with Crippen molar-refractivity contribution >= 4 is 44.6 Å². The lowest BCUT2D eigenvalue weighted by atomic mass is 10.2. The molecule has 0 amide bonds. The molecule has 0 saturated carbocycles. The van der Waals surface area contributed by atoms with Gasteiger partial charge in [-0.1, -0.05) is 29.3 Å². The monoisotopic (exact) mass is 472 g/mol. The van der Waals surface area contributed by atoms with Gasteiger partial charge in [0, 0.05) is 26.2 Å². The van der Waals surface area contributed by atoms with Crippen molar-refractivity contribution in [1.82, 2.24) is 19.4 Å². The highest BCUT2D eigenvalue weighted by Crippen LogP contribution is 2.29. The molecule has 4 rings (SSSR count). The van der Waals surface area contributed by atoms with Gasteiger partial charge < -0.3 is 4.42 Å². The van der Waals surface area contributed by atoms with Crippen molar-refractivity contribution in [1.29, 1.82) is 0 Å². The van der Waals surface area contributed by atoms with E-state index in [2.05, 4.69) is 15.1 Å². The van der Waals surface area contributed by atoms with Crippen LogP contribution in [-0.4, -0.2) is 54.0 Å². The average molecular weight is 473 g/mol. The second kappa shape index (κ2) is 8.33. The maximum Gasteiger partial charge on any atom is 0.257 e. The lowest BCUT2D eigenvalue weighted by Crippen LogP contribution is -2.49. The highest BCUT2D eigenvalue weighted by atomic mass is 35.5. The Balaban J connectivity index is 1.43. The highest BCUT2D eigenvalue weighted by molar-refractivity contribution is 7.89. The topological polar surface area (TPSA) is 79.5 Å². The molecule has 0 radical (unpaired) electrons. The van der Waals surface area contributed by atoms with Crippen LogP contribution in [0.5, 0.6) is 0 Å². The van der Waals surface area contributed by atoms with E-state index in [4.69, 9.17) is 27.6 Å². The van der Waals surface area contributed by atoms with Crippen LogP contribution in [0.4, 0.5) is 0 Å². The van der Waals surface area contributed by atoms with Gasteiger partial charge in [0.2, 0.25) is 15.9 Å². The van der Waals surface area contributed by atoms with Gasteiger partial charge in [-0.2, -0.15) is 4.31 Å². The van der Waals surface area contributed by atoms with Gasteiger partial charge in [0.05, 0.1) is 25.9 Å². The van der Waals surface area contributed by atoms with Crippen LogP contribution in [0.2, 0.25) is 10.0 Å². The van der Waals surface area contributed by atoms with Gasteiger partial charge in [0.15, 0.2) is 0 Å². The zero-order chi connectivity index (χ0) is 20.6. The molecule has 0 N–H and O–H groups in total. The van der Waals surface area contributed by atoms with E-state index in [-0.39, 0.29) is 16.0 Å². The molecule has 1 aliphatic heterocycles. The largest absolute Gasteiger partial charge is 0.418 e. The Kier molecular flexibility index (Phi) is 5.97. The first kappa shape index (κ1) is 20.8. The van der Waals surface area contributed by atoms with Gasteiger partial charge in [-0.3, -0.25) is 4.90 Å². The van der Waals surface area contributed by atoms with Crippen LogP contribution in [0.1, 0.15) is 18.9 Å². The molecule has 3 aromatic rings. The Morgan fingerprint density at radius 2 is 1.86 bits per heavy atom. The molecule has 1 saturated heterocycles. The maximum absolute atomic E-state index is 12.9. The van der Waals surface area contributed by atoms with Crippen LogP contribution in [0.3, 0.4) is 0 Å². The van der Waals surface area contributed by atoms with Crippen molar-refractivity contribution < 1.29 is 12.8 Å². The Morgan fingerprint density at radius 1 is 1.10 bits per heavy atom. The predicted molar refractivity (Wildman–Crippen MR) is 113 cm³/mol. The van der Waals surface area contributed by atoms with Crippen LogP contribution >= 0.6 is 34.5 Å². The van der Waals surface area contributed by atoms with E-state index in [1.165, 1.54) is 33.8 Å². The number of hydrogen-bond acceptors (Lipinski definition) is 7. The Bertz CT molecular complexity index is 1090. The molecule has 0 bridgehead atoms. The summed E-state index contributed by atoms with van der Waals surface area (Å²) in [4.78, 5) is 3.20. The molecule has 0 aliphatic carbocycles. The first-order valence-electron chi connectivity index (χ1n) is 8.93. The van der Waals surface area contributed by atoms with E-state index in [1.54, 1.807) is 0 Å². The lowest BCUT2D eigenvalue weighted by Gasteiger charge is -2.36. The first-order valence-corrected chi connectivity index (χ1v) is 12.0. The van der Waals surface area contributed by atoms with Crippen molar-refractivity contribution in [3.05, 3.63) is 51.6 Å². The van der Waals surface area contributed by atoms with Crippen molar-refractivity contribution in [2.24, 2.45) is 0 Å². The van der Waals surface area contributed by atoms with Crippen LogP contribution in [0.25, 0.3) is 10.8 Å². The Morgan fingerprint density at radius 3 is 2.52 bits per heavy atom. The molecule has 2 aromatic heterocycles. The van der Waals surface area contributed by atoms with Gasteiger partial charge in [-0.15, -0.1) is 21.5 Å². The van der Waals surface area contributed by atoms with Gasteiger partial charge >= 0.3 is 0 Å². The summed E-state index contributed by atoms with van der Waals surface area (Å²) in [5.41, 5.74) is 0. The summed E-state index contributed by atoms with van der Waals surface area (Å²) >= 11 is 13.4. The smallest absolute Gasteiger partial charge is 0.257 e. The lowest BCUT2D eigenvalue weighted by molar-refractivity contribution is 0.129. The number of nitrogens with zero attached hydrogens (tertiary/aromatic N) is 4. The molecule has 1 unspecified atom stereocenters. The van der Waals surface area contributed by atoms with E-state index in [1.807, 2.05) is 24.4 Å². The molecule has 29 heavy (non-hydrogen) atoms. The van der Waals surface area contributed by atoms with Gasteiger partial charge in [-0.25, -0.2) is 8.42 Å². The third-order valence-corrected chi connectivity index (χ3v) is 8.37. The maximum atomic E-state index is 12.9. The van der Waals surface area contributed by atoms with Crippen LogP contribution < -0.4 is 0 Å². The molecular weight excluding hydrogens is 455 g/mol. The fourth-order valence-corrected chi connectivity index (χ4v) is 5.63. The zero-order valence-electron chi connectivity index (χ0n) is 15.5. The number of aromatic nitrogens is 2. The van der Waals surface area contributed by atoms with Crippen LogP contribution in [0.15, 0.2) is 45.0 Å². The number of sulfonamides is 1. The van der Waals surface area contributed by atoms with Gasteiger partial charge in [0.1, 0.15) is 0 Å². The van der Waals surface area contributed by atoms with Crippen molar-refractivity contribution in [3.8, 4) is 10.8 Å². The Labute approximate surface area is 182 Å². The molecule has 154 valence electrons. The number of rotatable bonds is 5. The van der Waals surface area contributed by atoms with E-state index in [0.29, 0.717) is 43.0 Å². The quantitative estimate of drug-likeness (QED) is 0.554. The summed E-state index contributed by atoms with van der Waals surface area (Å²) in [7, 11) is -3.63. The van der Waals surface area contributed by atoms with E-state index >= 15 is 0 Å². The van der Waals surface area contributed by atoms with E-state index in [0.717, 1.165) is 4.88 Å². The highest BCUT2D eigenvalue weighted by Gasteiger charge is 2.32. The molecule has 3 heterocycles. The molecule has 0 spiro atoms. The summed E-state index contributed by atoms with van der Waals surface area (Å²) in [6.45, 7) is 3.81. The molecule has 11 heteroatoms. The summed E-state index contributed by atoms with van der Waals surface area (Å²) in [6, 6.07) is 8.11. The van der Waals surface area contributed by atoms with Crippen molar-refractivity contribution in [2.45, 2.75) is 17.9 Å². The predicted octanol–water partition coefficient (Wildman–Crippen LogP) is 4.17. The number of piperazine rings is 1. The second-order valence-corrected chi connectivity index (χ2v) is 10.3. The molecule has 1 aliphatic rings. The van der Waals surface area contributed by atoms with E-state index < -0.39 is 10.0 Å². The summed E-state index contributed by atoms with van der Waals surface area (Å²) < 4.78 is 33.1. The number of benzene rings is 1. The SMILES string of the molecule is CC(c1nnc(-c2cccs2)o1)N1CCN(S(=O)(=O)c2ccc(Cl)c(Cl)c2)CC1. The minimum absolute atomic E-state index is 0.106. The van der Waals surface area contributed by atoms with Crippen molar-refractivity contribution in [3.63, 3.8) is 0 Å². The second-order valence-electron chi connectivity index (χ2n) is 6.61. The van der Waals surface area contributed by atoms with Gasteiger partial charge in [-0.05, 0) is 36.6 Å². The minimum atomic E-state index is -3.63. The zero-order valence-corrected chi connectivity index (χ0v) is 18.6. The number of thiophene rings is 1. The fourth-order valence-electron chi connectivity index (χ4n) is 3.18. The summed E-state index contributed by atoms with van der Waals surface area (Å²) in [5, 5.41) is 10.8. The van der Waals surface area contributed by atoms with Crippen molar-refractivity contribution in [2.75, 3.05) is 26.2 Å². The normalized spacial score (nSPS) is 17.5. The molecule has 7 nitrogen and oxygen atoms in total. The molecule has 1 fully saturated rings. The minimum Gasteiger partial charge on any atom is -0.418 e. The third kappa shape index (κ3) is 4.21. The first-order chi connectivity index (χ1) is 13.9. The van der Waals surface area contributed by atoms with Crippen LogP contribution in [-0.2, 0) is 10.0 Å². The van der Waals surface area contributed by atoms with Gasteiger partial charge in [0.25, 0.3) is 5.89 Å². The third-order valence-electron chi connectivity index (χ3n) is 4.88. The Hall–Kier alpha value is -1.49. The standard InChI is InChI=1S/C18H18Cl2N4O3S2/c1-12(17-21-22-18(27-17)16-3-2-10-28-16)23-6-8-24(9-7-23)29(25,26)13-4-5-14(19)15(20)11-13/h2-5,10-12H,6-9H2,1H3. The molecule has 1 atom stereocenters. The fraction of sp³-hybridized carbons (Fsp3) is 0.333. The van der Waals surface area contributed by atoms with E-state index in [9.17, 15) is 8.42 Å². The number of halogens is 2. The average Bonchev–Trinajstić information content (AvgIpc) is 3.41. The summed E-state index contributed by atoms with van der Waals surface area (Å²) in [5.74, 6) is 1.02. The molecular formula is C18H18Cl2N4O3S2. The summed E-state index contributed by atoms with van der Waals surface area (Å²) in [6.07, 6.45) is 0. The molecule has 1 aromatic carbocycles. The number of hydrogen-bond donors (Lipinski definition) is 0.